The van der Waals surface area contributed by atoms with Crippen LogP contribution in [0, 0.1) is 13.8 Å². The molecule has 1 atom stereocenters. The summed E-state index contributed by atoms with van der Waals surface area (Å²) in [5, 5.41) is 2.11. The molecule has 0 aliphatic carbocycles. The molecule has 2 heteroatoms. The fourth-order valence-electron chi connectivity index (χ4n) is 2.22. The van der Waals surface area contributed by atoms with Crippen LogP contribution in [0.4, 0.5) is 0 Å². The van der Waals surface area contributed by atoms with Gasteiger partial charge in [-0.15, -0.1) is 11.3 Å². The third kappa shape index (κ3) is 2.76. The van der Waals surface area contributed by atoms with Crippen LogP contribution in [0.5, 0.6) is 0 Å². The van der Waals surface area contributed by atoms with E-state index < -0.39 is 0 Å². The summed E-state index contributed by atoms with van der Waals surface area (Å²) in [7, 11) is 0. The largest absolute Gasteiger partial charge is 0.321 e. The third-order valence-electron chi connectivity index (χ3n) is 3.13. The minimum atomic E-state index is -0.291. The second kappa shape index (κ2) is 4.63. The minimum absolute atomic E-state index is 0.291. The van der Waals surface area contributed by atoms with E-state index in [1.165, 1.54) is 21.6 Å². The van der Waals surface area contributed by atoms with Crippen LogP contribution >= 0.6 is 11.3 Å². The van der Waals surface area contributed by atoms with Crippen molar-refractivity contribution in [3.05, 3.63) is 57.3 Å². The molecule has 0 fully saturated rings. The van der Waals surface area contributed by atoms with Crippen LogP contribution in [0.1, 0.15) is 28.5 Å². The summed E-state index contributed by atoms with van der Waals surface area (Å²) >= 11 is 1.77. The maximum atomic E-state index is 6.51. The molecule has 1 heterocycles. The molecular formula is C15H19NS. The Morgan fingerprint density at radius 2 is 2.00 bits per heavy atom. The molecule has 0 spiro atoms. The summed E-state index contributed by atoms with van der Waals surface area (Å²) in [5.74, 6) is 0. The van der Waals surface area contributed by atoms with E-state index in [4.69, 9.17) is 5.73 Å². The van der Waals surface area contributed by atoms with E-state index in [1.54, 1.807) is 11.3 Å². The van der Waals surface area contributed by atoms with E-state index in [0.29, 0.717) is 0 Å². The number of nitrogens with two attached hydrogens (primary N) is 1. The lowest BCUT2D eigenvalue weighted by Crippen LogP contribution is -2.36. The predicted octanol–water partition coefficient (Wildman–Crippen LogP) is 3.78. The van der Waals surface area contributed by atoms with Crippen molar-refractivity contribution in [2.45, 2.75) is 32.7 Å². The normalized spacial score (nSPS) is 14.6. The number of aryl methyl sites for hydroxylation is 2. The van der Waals surface area contributed by atoms with Gasteiger partial charge in [-0.25, -0.2) is 0 Å². The highest BCUT2D eigenvalue weighted by Crippen LogP contribution is 2.28. The first-order valence-corrected chi connectivity index (χ1v) is 6.76. The van der Waals surface area contributed by atoms with Gasteiger partial charge in [0.15, 0.2) is 0 Å². The van der Waals surface area contributed by atoms with Crippen molar-refractivity contribution >= 4 is 11.3 Å². The molecule has 2 aromatic rings. The molecule has 1 unspecified atom stereocenters. The second-order valence-electron chi connectivity index (χ2n) is 4.99. The Labute approximate surface area is 107 Å². The van der Waals surface area contributed by atoms with Gasteiger partial charge in [-0.3, -0.25) is 0 Å². The van der Waals surface area contributed by atoms with E-state index >= 15 is 0 Å². The van der Waals surface area contributed by atoms with E-state index in [1.807, 2.05) is 0 Å². The smallest absolute Gasteiger partial charge is 0.0432 e. The van der Waals surface area contributed by atoms with Gasteiger partial charge in [-0.1, -0.05) is 29.8 Å². The van der Waals surface area contributed by atoms with Crippen molar-refractivity contribution in [1.82, 2.24) is 0 Å². The van der Waals surface area contributed by atoms with Gasteiger partial charge in [0.05, 0.1) is 0 Å². The standard InChI is InChI=1S/C15H19NS/c1-11-6-7-12(2)14(9-11)15(3,16)10-13-5-4-8-17-13/h4-9H,10,16H2,1-3H3. The van der Waals surface area contributed by atoms with E-state index in [2.05, 4.69) is 56.5 Å². The van der Waals surface area contributed by atoms with Crippen molar-refractivity contribution in [2.75, 3.05) is 0 Å². The third-order valence-corrected chi connectivity index (χ3v) is 4.01. The molecule has 1 aromatic carbocycles. The molecular weight excluding hydrogens is 226 g/mol. The Morgan fingerprint density at radius 1 is 1.24 bits per heavy atom. The highest BCUT2D eigenvalue weighted by Gasteiger charge is 2.24. The van der Waals surface area contributed by atoms with Crippen LogP contribution in [0.25, 0.3) is 0 Å². The van der Waals surface area contributed by atoms with Crippen LogP contribution in [-0.2, 0) is 12.0 Å². The first-order chi connectivity index (χ1) is 7.99. The van der Waals surface area contributed by atoms with Gasteiger partial charge < -0.3 is 5.73 Å². The first kappa shape index (κ1) is 12.3. The zero-order valence-electron chi connectivity index (χ0n) is 10.7. The van der Waals surface area contributed by atoms with E-state index in [0.717, 1.165) is 6.42 Å². The van der Waals surface area contributed by atoms with Crippen LogP contribution in [0.3, 0.4) is 0 Å². The van der Waals surface area contributed by atoms with E-state index in [-0.39, 0.29) is 5.54 Å². The molecule has 0 aliphatic heterocycles. The Bertz CT molecular complexity index is 498. The van der Waals surface area contributed by atoms with Gasteiger partial charge in [-0.2, -0.15) is 0 Å². The minimum Gasteiger partial charge on any atom is -0.321 e. The Morgan fingerprint density at radius 3 is 2.65 bits per heavy atom. The van der Waals surface area contributed by atoms with Crippen LogP contribution in [-0.4, -0.2) is 0 Å². The molecule has 90 valence electrons. The number of benzene rings is 1. The summed E-state index contributed by atoms with van der Waals surface area (Å²) in [4.78, 5) is 1.34. The predicted molar refractivity (Wildman–Crippen MR) is 75.5 cm³/mol. The average molecular weight is 245 g/mol. The van der Waals surface area contributed by atoms with Gasteiger partial charge in [0.25, 0.3) is 0 Å². The molecule has 2 N–H and O–H groups in total. The Kier molecular flexibility index (Phi) is 3.36. The van der Waals surface area contributed by atoms with E-state index in [9.17, 15) is 0 Å². The highest BCUT2D eigenvalue weighted by molar-refractivity contribution is 7.09. The molecule has 1 aromatic heterocycles. The topological polar surface area (TPSA) is 26.0 Å². The van der Waals surface area contributed by atoms with Crippen LogP contribution in [0.2, 0.25) is 0 Å². The van der Waals surface area contributed by atoms with Gasteiger partial charge in [0.1, 0.15) is 0 Å². The maximum absolute atomic E-state index is 6.51. The van der Waals surface area contributed by atoms with Gasteiger partial charge in [-0.05, 0) is 43.3 Å². The summed E-state index contributed by atoms with van der Waals surface area (Å²) in [6, 6.07) is 10.7. The molecule has 0 saturated carbocycles. The average Bonchev–Trinajstić information content (AvgIpc) is 2.73. The Balaban J connectivity index is 2.33. The fourth-order valence-corrected chi connectivity index (χ4v) is 3.09. The lowest BCUT2D eigenvalue weighted by molar-refractivity contribution is 0.492. The highest BCUT2D eigenvalue weighted by atomic mass is 32.1. The Hall–Kier alpha value is -1.12. The van der Waals surface area contributed by atoms with Crippen molar-refractivity contribution in [3.8, 4) is 0 Å². The maximum Gasteiger partial charge on any atom is 0.0432 e. The van der Waals surface area contributed by atoms with Crippen molar-refractivity contribution in [2.24, 2.45) is 5.73 Å². The summed E-state index contributed by atoms with van der Waals surface area (Å²) in [5.41, 5.74) is 10.0. The molecule has 1 nitrogen and oxygen atoms in total. The van der Waals surface area contributed by atoms with Gasteiger partial charge in [0.2, 0.25) is 0 Å². The second-order valence-corrected chi connectivity index (χ2v) is 6.02. The molecule has 0 amide bonds. The van der Waals surface area contributed by atoms with Gasteiger partial charge in [0, 0.05) is 16.8 Å². The molecule has 2 rings (SSSR count). The SMILES string of the molecule is Cc1ccc(C)c(C(C)(N)Cc2cccs2)c1. The van der Waals surface area contributed by atoms with Crippen LogP contribution < -0.4 is 5.73 Å². The van der Waals surface area contributed by atoms with Crippen molar-refractivity contribution in [3.63, 3.8) is 0 Å². The summed E-state index contributed by atoms with van der Waals surface area (Å²) in [6.45, 7) is 6.37. The number of hydrogen-bond acceptors (Lipinski definition) is 2. The van der Waals surface area contributed by atoms with Gasteiger partial charge >= 0.3 is 0 Å². The van der Waals surface area contributed by atoms with Crippen molar-refractivity contribution < 1.29 is 0 Å². The molecule has 0 bridgehead atoms. The quantitative estimate of drug-likeness (QED) is 0.875. The lowest BCUT2D eigenvalue weighted by Gasteiger charge is -2.27. The van der Waals surface area contributed by atoms with Crippen molar-refractivity contribution in [1.29, 1.82) is 0 Å². The monoisotopic (exact) mass is 245 g/mol. The molecule has 17 heavy (non-hydrogen) atoms. The fraction of sp³-hybridized carbons (Fsp3) is 0.333. The lowest BCUT2D eigenvalue weighted by atomic mass is 9.85. The summed E-state index contributed by atoms with van der Waals surface area (Å²) in [6.07, 6.45) is 0.898. The number of rotatable bonds is 3. The zero-order valence-corrected chi connectivity index (χ0v) is 11.5. The molecule has 0 radical (unpaired) electrons. The van der Waals surface area contributed by atoms with Crippen LogP contribution in [0.15, 0.2) is 35.7 Å². The molecule has 0 aliphatic rings. The summed E-state index contributed by atoms with van der Waals surface area (Å²) < 4.78 is 0. The number of thiophene rings is 1. The number of hydrogen-bond donors (Lipinski definition) is 1. The molecule has 0 saturated heterocycles. The zero-order chi connectivity index (χ0) is 12.5. The first-order valence-electron chi connectivity index (χ1n) is 5.88.